The predicted octanol–water partition coefficient (Wildman–Crippen LogP) is 23.2. The largest absolute Gasteiger partial charge is 0.310 e. The zero-order valence-electron chi connectivity index (χ0n) is 56.4. The van der Waals surface area contributed by atoms with E-state index in [9.17, 15) is 0 Å². The van der Waals surface area contributed by atoms with Crippen molar-refractivity contribution in [3.8, 4) is 44.5 Å². The second-order valence-electron chi connectivity index (χ2n) is 27.1. The van der Waals surface area contributed by atoms with Gasteiger partial charge in [0.15, 0.2) is 0 Å². The van der Waals surface area contributed by atoms with Gasteiger partial charge in [-0.05, 0) is 160 Å². The van der Waals surface area contributed by atoms with Gasteiger partial charge in [0.05, 0.1) is 29.3 Å². The van der Waals surface area contributed by atoms with Crippen molar-refractivity contribution >= 4 is 34.1 Å². The first-order valence-electron chi connectivity index (χ1n) is 32.5. The van der Waals surface area contributed by atoms with Crippen LogP contribution in [0.4, 0.5) is 34.1 Å². The van der Waals surface area contributed by atoms with Crippen LogP contribution in [-0.2, 0) is 27.1 Å². The van der Waals surface area contributed by atoms with E-state index in [1.807, 2.05) is 12.1 Å². The Hall–Kier alpha value is -8.98. The number of nitrogens with zero attached hydrogens (tertiary/aromatic N) is 2. The van der Waals surface area contributed by atoms with Crippen LogP contribution in [-0.4, -0.2) is 0 Å². The topological polar surface area (TPSA) is 6.48 Å². The molecule has 2 heteroatoms. The minimum absolute atomic E-state index is 0.0631. The van der Waals surface area contributed by atoms with Gasteiger partial charge in [-0.25, -0.2) is 0 Å². The lowest BCUT2D eigenvalue weighted by Gasteiger charge is -2.47. The molecule has 0 saturated heterocycles. The van der Waals surface area contributed by atoms with Gasteiger partial charge in [-0.1, -0.05) is 289 Å². The zero-order chi connectivity index (χ0) is 63.8. The van der Waals surface area contributed by atoms with Crippen LogP contribution in [0, 0.1) is 0 Å². The number of anilines is 6. The summed E-state index contributed by atoms with van der Waals surface area (Å²) in [4.78, 5) is 4.90. The summed E-state index contributed by atoms with van der Waals surface area (Å²) in [6.45, 7) is 27.6. The summed E-state index contributed by atoms with van der Waals surface area (Å²) in [5.41, 5.74) is 20.9. The molecule has 12 rings (SSSR count). The highest BCUT2D eigenvalue weighted by molar-refractivity contribution is 5.99. The van der Waals surface area contributed by atoms with Crippen molar-refractivity contribution in [1.82, 2.24) is 0 Å². The van der Waals surface area contributed by atoms with Crippen molar-refractivity contribution in [3.63, 3.8) is 0 Å². The molecule has 0 unspecified atom stereocenters. The predicted molar refractivity (Wildman–Crippen MR) is 364 cm³/mol. The zero-order valence-corrected chi connectivity index (χ0v) is 51.4. The second kappa shape index (κ2) is 21.9. The maximum Gasteiger partial charge on any atom is 0.0743 e. The number of fused-ring (bicyclic) bond motifs is 2. The fourth-order valence-corrected chi connectivity index (χ4v) is 12.4. The maximum atomic E-state index is 9.10. The van der Waals surface area contributed by atoms with Crippen LogP contribution in [0.5, 0.6) is 0 Å². The normalized spacial score (nSPS) is 14.1. The number of para-hydroxylation sites is 3. The Morgan fingerprint density at radius 2 is 0.753 bits per heavy atom. The average molecular weight is 1110 g/mol. The molecule has 0 radical (unpaired) electrons. The number of benzene rings is 11. The molecule has 0 spiro atoms. The summed E-state index contributed by atoms with van der Waals surface area (Å²) < 4.78 is 44.0. The van der Waals surface area contributed by atoms with Gasteiger partial charge < -0.3 is 9.80 Å². The van der Waals surface area contributed by atoms with Gasteiger partial charge in [-0.3, -0.25) is 0 Å². The first-order valence-corrected chi connectivity index (χ1v) is 30.0. The first-order chi connectivity index (χ1) is 42.7. The van der Waals surface area contributed by atoms with Gasteiger partial charge in [0.25, 0.3) is 0 Å². The molecule has 11 aromatic carbocycles. The van der Waals surface area contributed by atoms with E-state index in [-0.39, 0.29) is 51.4 Å². The molecule has 85 heavy (non-hydrogen) atoms. The number of hydrogen-bond donors (Lipinski definition) is 0. The fourth-order valence-electron chi connectivity index (χ4n) is 12.4. The summed E-state index contributed by atoms with van der Waals surface area (Å²) in [6, 6.07) is 84.8. The molecule has 0 amide bonds. The first kappa shape index (κ1) is 50.5. The van der Waals surface area contributed by atoms with Gasteiger partial charge >= 0.3 is 0 Å². The van der Waals surface area contributed by atoms with E-state index in [0.717, 1.165) is 89.8 Å². The Labute approximate surface area is 514 Å². The van der Waals surface area contributed by atoms with Crippen molar-refractivity contribution in [3.05, 3.63) is 311 Å². The lowest BCUT2D eigenvalue weighted by molar-refractivity contribution is 0.569. The van der Waals surface area contributed by atoms with Gasteiger partial charge in [0.1, 0.15) is 0 Å². The monoisotopic (exact) mass is 1110 g/mol. The fraction of sp³-hybridized carbons (Fsp3) is 0.205. The third-order valence-corrected chi connectivity index (χ3v) is 17.2. The van der Waals surface area contributed by atoms with Crippen molar-refractivity contribution in [1.29, 1.82) is 0 Å². The maximum absolute atomic E-state index is 9.10. The highest BCUT2D eigenvalue weighted by Gasteiger charge is 2.47. The summed E-state index contributed by atoms with van der Waals surface area (Å²) in [7, 11) is 0. The summed E-state index contributed by atoms with van der Waals surface area (Å²) in [6.07, 6.45) is 0. The second-order valence-corrected chi connectivity index (χ2v) is 27.1. The molecule has 0 aromatic heterocycles. The van der Waals surface area contributed by atoms with E-state index in [2.05, 4.69) is 317 Å². The molecule has 11 aromatic rings. The van der Waals surface area contributed by atoms with E-state index in [4.69, 9.17) is 6.85 Å². The lowest BCUT2D eigenvalue weighted by Crippen LogP contribution is -2.38. The van der Waals surface area contributed by atoms with Crippen molar-refractivity contribution in [2.45, 2.75) is 110 Å². The number of hydrogen-bond acceptors (Lipinski definition) is 2. The van der Waals surface area contributed by atoms with Crippen LogP contribution in [0.15, 0.2) is 267 Å². The molecule has 0 saturated carbocycles. The van der Waals surface area contributed by atoms with E-state index < -0.39 is 11.5 Å². The van der Waals surface area contributed by atoms with Crippen LogP contribution in [0.3, 0.4) is 0 Å². The van der Waals surface area contributed by atoms with E-state index in [0.29, 0.717) is 5.56 Å². The van der Waals surface area contributed by atoms with Gasteiger partial charge in [-0.2, -0.15) is 0 Å². The third kappa shape index (κ3) is 10.7. The van der Waals surface area contributed by atoms with Crippen molar-refractivity contribution in [2.75, 3.05) is 9.80 Å². The summed E-state index contributed by atoms with van der Waals surface area (Å²) in [5, 5.41) is 0. The molecule has 2 nitrogen and oxygen atoms in total. The Kier molecular flexibility index (Phi) is 13.0. The summed E-state index contributed by atoms with van der Waals surface area (Å²) in [5.74, 6) is 0. The molecule has 0 aliphatic carbocycles. The Bertz CT molecular complexity index is 4320. The van der Waals surface area contributed by atoms with Crippen LogP contribution in [0.25, 0.3) is 44.5 Å². The van der Waals surface area contributed by atoms with Crippen molar-refractivity contribution < 1.29 is 6.85 Å². The van der Waals surface area contributed by atoms with Gasteiger partial charge in [0, 0.05) is 28.2 Å². The molecular weight excluding hydrogens is 1020 g/mol. The highest BCUT2D eigenvalue weighted by Crippen LogP contribution is 2.59. The SMILES string of the molecule is [2H]c1c([2H])c([2H])c(-c2ccc(C3(c4cc(N(c5ccc(-c6cc(C(C)(C)C)cc(C(C)(C)C)c6)cc5)c5c(-c6ccccc6)cc(C(C)(C)C)cc5-c5ccccc5)cc(C(C)(C)C)c4)c4ccccc4N(c4ccccc4)c4ccccc43)cc2)c([2H])c1[2H]. The molecule has 0 bridgehead atoms. The smallest absolute Gasteiger partial charge is 0.0743 e. The lowest BCUT2D eigenvalue weighted by atomic mass is 9.61. The van der Waals surface area contributed by atoms with Gasteiger partial charge in [0.2, 0.25) is 0 Å². The molecule has 0 N–H and O–H groups in total. The van der Waals surface area contributed by atoms with Crippen LogP contribution < -0.4 is 9.80 Å². The standard InChI is InChI=1S/C83H80N2/c1-79(2,3)64-49-62(50-65(51-64)80(4,5)6)59-43-47-70(48-44-59)84(78-72(60-31-19-14-20-32-60)55-67(82(10,11)12)56-73(78)61-33-21-15-22-34-61)71-53-66(81(7,8)9)52-68(54-71)83(63-45-41-58(42-46-63)57-29-17-13-18-30-57)74-37-25-27-39-76(74)85(69-35-23-16-24-36-69)77-40-28-26-38-75(77)83/h13-56H,1-12H3/i13D,17D,18D,29D,30D. The highest BCUT2D eigenvalue weighted by atomic mass is 15.2. The quantitative estimate of drug-likeness (QED) is 0.135. The molecule has 0 atom stereocenters. The Morgan fingerprint density at radius 3 is 1.25 bits per heavy atom. The Balaban J connectivity index is 1.22. The summed E-state index contributed by atoms with van der Waals surface area (Å²) >= 11 is 0. The van der Waals surface area contributed by atoms with E-state index in [1.165, 1.54) is 22.3 Å². The molecule has 1 aliphatic rings. The molecule has 1 aliphatic heterocycles. The van der Waals surface area contributed by atoms with Crippen LogP contribution >= 0.6 is 0 Å². The van der Waals surface area contributed by atoms with Crippen LogP contribution in [0.1, 0.15) is 134 Å². The minimum Gasteiger partial charge on any atom is -0.310 e. The molecule has 1 heterocycles. The van der Waals surface area contributed by atoms with Gasteiger partial charge in [-0.15, -0.1) is 0 Å². The van der Waals surface area contributed by atoms with Crippen LogP contribution in [0.2, 0.25) is 0 Å². The van der Waals surface area contributed by atoms with E-state index >= 15 is 0 Å². The number of rotatable bonds is 10. The third-order valence-electron chi connectivity index (χ3n) is 17.2. The molecular formula is C83H80N2. The average Bonchev–Trinajstić information content (AvgIpc) is 0.696. The molecule has 422 valence electrons. The Morgan fingerprint density at radius 1 is 0.329 bits per heavy atom. The van der Waals surface area contributed by atoms with Crippen molar-refractivity contribution in [2.24, 2.45) is 0 Å². The minimum atomic E-state index is -1.02. The molecule has 0 fully saturated rings. The van der Waals surface area contributed by atoms with E-state index in [1.54, 1.807) is 0 Å².